The molecule has 9 nitrogen and oxygen atoms in total. The molecule has 30 heavy (non-hydrogen) atoms. The van der Waals surface area contributed by atoms with Crippen LogP contribution in [0, 0.1) is 6.92 Å². The first-order valence-corrected chi connectivity index (χ1v) is 10.1. The molecule has 2 aromatic heterocycles. The molecular formula is C20H23FN8O. The molecule has 10 heteroatoms. The molecule has 3 aromatic rings. The van der Waals surface area contributed by atoms with E-state index in [0.29, 0.717) is 34.6 Å². The monoisotopic (exact) mass is 410 g/mol. The van der Waals surface area contributed by atoms with E-state index in [1.807, 2.05) is 18.0 Å². The van der Waals surface area contributed by atoms with E-state index in [9.17, 15) is 9.50 Å². The van der Waals surface area contributed by atoms with E-state index >= 15 is 0 Å². The Labute approximate surface area is 172 Å². The lowest BCUT2D eigenvalue weighted by atomic mass is 9.96. The minimum absolute atomic E-state index is 0.0385. The number of piperidine rings is 1. The number of hydrogen-bond donors (Lipinski definition) is 2. The number of halogens is 1. The second kappa shape index (κ2) is 7.28. The second-order valence-electron chi connectivity index (χ2n) is 8.01. The number of tetrazole rings is 1. The van der Waals surface area contributed by atoms with Gasteiger partial charge in [0, 0.05) is 30.8 Å². The Morgan fingerprint density at radius 1 is 1.17 bits per heavy atom. The van der Waals surface area contributed by atoms with Gasteiger partial charge in [-0.2, -0.15) is 0 Å². The highest BCUT2D eigenvalue weighted by Gasteiger charge is 2.43. The van der Waals surface area contributed by atoms with E-state index in [2.05, 4.69) is 30.9 Å². The van der Waals surface area contributed by atoms with Crippen LogP contribution in [0.2, 0.25) is 0 Å². The van der Waals surface area contributed by atoms with E-state index < -0.39 is 6.17 Å². The van der Waals surface area contributed by atoms with Gasteiger partial charge in [0.15, 0.2) is 11.6 Å². The largest absolute Gasteiger partial charge is 0.507 e. The van der Waals surface area contributed by atoms with Crippen molar-refractivity contribution in [3.8, 4) is 22.7 Å². The van der Waals surface area contributed by atoms with Gasteiger partial charge in [0.25, 0.3) is 0 Å². The first-order chi connectivity index (χ1) is 14.5. The quantitative estimate of drug-likeness (QED) is 0.671. The number of fused-ring (bicyclic) bond motifs is 2. The van der Waals surface area contributed by atoms with Crippen LogP contribution in [0.15, 0.2) is 30.3 Å². The molecule has 0 aliphatic carbocycles. The van der Waals surface area contributed by atoms with Gasteiger partial charge < -0.3 is 15.3 Å². The van der Waals surface area contributed by atoms with Gasteiger partial charge >= 0.3 is 0 Å². The molecule has 2 fully saturated rings. The average molecular weight is 410 g/mol. The zero-order chi connectivity index (χ0) is 20.8. The molecule has 4 atom stereocenters. The van der Waals surface area contributed by atoms with E-state index in [4.69, 9.17) is 0 Å². The molecule has 0 amide bonds. The summed E-state index contributed by atoms with van der Waals surface area (Å²) in [7, 11) is 1.87. The van der Waals surface area contributed by atoms with E-state index in [-0.39, 0.29) is 17.8 Å². The fourth-order valence-electron chi connectivity index (χ4n) is 4.43. The summed E-state index contributed by atoms with van der Waals surface area (Å²) in [5.74, 6) is 1.20. The van der Waals surface area contributed by atoms with Crippen molar-refractivity contribution in [2.45, 2.75) is 50.5 Å². The zero-order valence-corrected chi connectivity index (χ0v) is 16.8. The molecule has 0 saturated carbocycles. The number of phenolic OH excluding ortho intramolecular Hbond substituents is 1. The fourth-order valence-corrected chi connectivity index (χ4v) is 4.43. The van der Waals surface area contributed by atoms with Crippen molar-refractivity contribution in [1.29, 1.82) is 0 Å². The summed E-state index contributed by atoms with van der Waals surface area (Å²) in [5.41, 5.74) is 1.66. The molecule has 0 radical (unpaired) electrons. The molecule has 2 saturated heterocycles. The van der Waals surface area contributed by atoms with Crippen LogP contribution in [0.4, 0.5) is 10.2 Å². The Hall–Kier alpha value is -3.14. The number of benzene rings is 1. The molecule has 156 valence electrons. The lowest BCUT2D eigenvalue weighted by molar-refractivity contribution is 0.176. The number of alkyl halides is 1. The van der Waals surface area contributed by atoms with Gasteiger partial charge in [0.1, 0.15) is 11.9 Å². The van der Waals surface area contributed by atoms with E-state index in [1.165, 1.54) is 4.80 Å². The van der Waals surface area contributed by atoms with Crippen molar-refractivity contribution in [2.24, 2.45) is 0 Å². The first-order valence-electron chi connectivity index (χ1n) is 10.1. The Balaban J connectivity index is 1.36. The molecule has 1 aromatic carbocycles. The van der Waals surface area contributed by atoms with Gasteiger partial charge in [-0.1, -0.05) is 0 Å². The molecular weight excluding hydrogens is 387 g/mol. The van der Waals surface area contributed by atoms with Crippen LogP contribution in [0.25, 0.3) is 16.9 Å². The maximum Gasteiger partial charge on any atom is 0.172 e. The number of phenols is 1. The maximum atomic E-state index is 14.8. The summed E-state index contributed by atoms with van der Waals surface area (Å²) in [6.45, 7) is 1.74. The molecule has 2 unspecified atom stereocenters. The number of anilines is 1. The third kappa shape index (κ3) is 3.26. The van der Waals surface area contributed by atoms with Crippen molar-refractivity contribution in [3.63, 3.8) is 0 Å². The van der Waals surface area contributed by atoms with Crippen molar-refractivity contribution in [3.05, 3.63) is 36.2 Å². The third-order valence-electron chi connectivity index (χ3n) is 6.07. The number of nitrogens with one attached hydrogen (secondary N) is 1. The van der Waals surface area contributed by atoms with E-state index in [1.54, 1.807) is 31.2 Å². The zero-order valence-electron chi connectivity index (χ0n) is 16.8. The summed E-state index contributed by atoms with van der Waals surface area (Å²) in [6.07, 6.45) is 1.75. The summed E-state index contributed by atoms with van der Waals surface area (Å²) >= 11 is 0. The molecule has 2 aliphatic heterocycles. The summed E-state index contributed by atoms with van der Waals surface area (Å²) in [4.78, 5) is 3.23. The normalized spacial score (nSPS) is 25.4. The van der Waals surface area contributed by atoms with Crippen LogP contribution in [0.1, 0.15) is 25.1 Å². The van der Waals surface area contributed by atoms with Crippen LogP contribution in [-0.2, 0) is 0 Å². The number of nitrogens with zero attached hydrogens (tertiary/aromatic N) is 7. The highest BCUT2D eigenvalue weighted by Crippen LogP contribution is 2.34. The van der Waals surface area contributed by atoms with Gasteiger partial charge in [-0.25, -0.2) is 4.39 Å². The van der Waals surface area contributed by atoms with Crippen molar-refractivity contribution in [2.75, 3.05) is 11.9 Å². The molecule has 2 N–H and O–H groups in total. The van der Waals surface area contributed by atoms with Crippen LogP contribution in [-0.4, -0.2) is 66.9 Å². The average Bonchev–Trinajstić information content (AvgIpc) is 3.37. The Bertz CT molecular complexity index is 1060. The van der Waals surface area contributed by atoms with Crippen LogP contribution in [0.5, 0.6) is 5.75 Å². The molecule has 2 aliphatic rings. The number of aromatic nitrogens is 6. The third-order valence-corrected chi connectivity index (χ3v) is 6.07. The van der Waals surface area contributed by atoms with Gasteiger partial charge in [-0.15, -0.1) is 25.2 Å². The minimum Gasteiger partial charge on any atom is -0.507 e. The summed E-state index contributed by atoms with van der Waals surface area (Å²) in [6, 6.07) is 8.76. The van der Waals surface area contributed by atoms with E-state index in [0.717, 1.165) is 19.3 Å². The minimum atomic E-state index is -0.930. The first kappa shape index (κ1) is 18.9. The van der Waals surface area contributed by atoms with Crippen molar-refractivity contribution >= 4 is 5.82 Å². The number of aromatic hydroxyl groups is 1. The molecule has 0 spiro atoms. The smallest absolute Gasteiger partial charge is 0.172 e. The molecule has 2 bridgehead atoms. The highest BCUT2D eigenvalue weighted by molar-refractivity contribution is 5.68. The van der Waals surface area contributed by atoms with Crippen LogP contribution in [0.3, 0.4) is 0 Å². The topological polar surface area (TPSA) is 105 Å². The highest BCUT2D eigenvalue weighted by atomic mass is 19.1. The molecule has 5 rings (SSSR count). The SMILES string of the molecule is Cc1nnn(-c2ccc(-c3ccc(N(C)[C@@H]4CC5CCC(N5)[C@H]4F)nn3)c(O)c2)n1. The van der Waals surface area contributed by atoms with Crippen LogP contribution >= 0.6 is 0 Å². The lowest BCUT2D eigenvalue weighted by Gasteiger charge is -2.38. The van der Waals surface area contributed by atoms with Gasteiger partial charge in [0.2, 0.25) is 0 Å². The standard InChI is InChI=1S/C20H23FN8O/c1-11-23-27-29(26-11)13-4-5-14(18(30)10-13)15-7-8-19(25-24-15)28(2)17-9-12-3-6-16(22-12)20(17)21/h4-5,7-8,10,12,16-17,20,22,30H,3,6,9H2,1-2H3/t12?,16?,17-,20-/m1/s1. The fraction of sp³-hybridized carbons (Fsp3) is 0.450. The number of rotatable bonds is 4. The van der Waals surface area contributed by atoms with Gasteiger partial charge in [-0.05, 0) is 55.7 Å². The van der Waals surface area contributed by atoms with Gasteiger partial charge in [-0.3, -0.25) is 0 Å². The predicted molar refractivity (Wildman–Crippen MR) is 108 cm³/mol. The van der Waals surface area contributed by atoms with Crippen molar-refractivity contribution in [1.82, 2.24) is 35.7 Å². The maximum absolute atomic E-state index is 14.8. The number of aryl methyl sites for hydroxylation is 1. The van der Waals surface area contributed by atoms with Crippen molar-refractivity contribution < 1.29 is 9.50 Å². The Morgan fingerprint density at radius 2 is 2.03 bits per heavy atom. The lowest BCUT2D eigenvalue weighted by Crippen LogP contribution is -2.55. The summed E-state index contributed by atoms with van der Waals surface area (Å²) < 4.78 is 14.8. The van der Waals surface area contributed by atoms with Crippen LogP contribution < -0.4 is 10.2 Å². The predicted octanol–water partition coefficient (Wildman–Crippen LogP) is 1.80. The van der Waals surface area contributed by atoms with Gasteiger partial charge in [0.05, 0.1) is 17.4 Å². The second-order valence-corrected chi connectivity index (χ2v) is 8.01. The molecule has 4 heterocycles. The Kier molecular flexibility index (Phi) is 4.58. The Morgan fingerprint density at radius 3 is 2.73 bits per heavy atom. The summed E-state index contributed by atoms with van der Waals surface area (Å²) in [5, 5.41) is 34.3. The number of hydrogen-bond acceptors (Lipinski definition) is 8.